The Morgan fingerprint density at radius 2 is 1.73 bits per heavy atom. The quantitative estimate of drug-likeness (QED) is 0.687. The van der Waals surface area contributed by atoms with Gasteiger partial charge in [0.05, 0.1) is 6.04 Å². The molecule has 2 amide bonds. The Bertz CT molecular complexity index is 274. The third-order valence-electron chi connectivity index (χ3n) is 2.12. The maximum Gasteiger partial charge on any atom is 0.223 e. The number of carbonyl (C=O) groups is 2. The Kier molecular flexibility index (Phi) is 5.37. The van der Waals surface area contributed by atoms with Gasteiger partial charge < -0.3 is 9.80 Å². The summed E-state index contributed by atoms with van der Waals surface area (Å²) in [7, 11) is 0. The van der Waals surface area contributed by atoms with Crippen molar-refractivity contribution in [3.8, 4) is 0 Å². The predicted octanol–water partition coefficient (Wildman–Crippen LogP) is 1.36. The Morgan fingerprint density at radius 3 is 2.00 bits per heavy atom. The van der Waals surface area contributed by atoms with E-state index in [2.05, 4.69) is 13.2 Å². The molecule has 84 valence electrons. The van der Waals surface area contributed by atoms with Gasteiger partial charge in [0.1, 0.15) is 0 Å². The fourth-order valence-electron chi connectivity index (χ4n) is 1.32. The first-order valence-electron chi connectivity index (χ1n) is 4.75. The second-order valence-corrected chi connectivity index (χ2v) is 3.31. The minimum atomic E-state index is -0.109. The summed E-state index contributed by atoms with van der Waals surface area (Å²) in [5.41, 5.74) is 0. The van der Waals surface area contributed by atoms with Crippen LogP contribution in [0, 0.1) is 0 Å². The Hall–Kier alpha value is -1.58. The molecule has 4 heteroatoms. The molecule has 0 heterocycles. The first kappa shape index (κ1) is 13.4. The molecule has 0 N–H and O–H groups in total. The van der Waals surface area contributed by atoms with Crippen molar-refractivity contribution in [1.29, 1.82) is 0 Å². The molecule has 0 aromatic rings. The molecule has 0 aromatic heterocycles. The van der Waals surface area contributed by atoms with Crippen molar-refractivity contribution in [2.24, 2.45) is 0 Å². The molecule has 15 heavy (non-hydrogen) atoms. The van der Waals surface area contributed by atoms with Gasteiger partial charge >= 0.3 is 0 Å². The summed E-state index contributed by atoms with van der Waals surface area (Å²) >= 11 is 0. The molecule has 0 radical (unpaired) electrons. The lowest BCUT2D eigenvalue weighted by molar-refractivity contribution is -0.131. The van der Waals surface area contributed by atoms with Crippen LogP contribution in [0.5, 0.6) is 0 Å². The summed E-state index contributed by atoms with van der Waals surface area (Å²) in [6.45, 7) is 12.3. The molecule has 0 aliphatic carbocycles. The van der Waals surface area contributed by atoms with Gasteiger partial charge in [0.25, 0.3) is 0 Å². The van der Waals surface area contributed by atoms with Gasteiger partial charge in [-0.15, -0.1) is 0 Å². The van der Waals surface area contributed by atoms with Crippen LogP contribution in [-0.2, 0) is 9.59 Å². The average Bonchev–Trinajstić information content (AvgIpc) is 2.14. The van der Waals surface area contributed by atoms with Gasteiger partial charge in [0.15, 0.2) is 0 Å². The van der Waals surface area contributed by atoms with E-state index in [9.17, 15) is 9.59 Å². The number of hydrogen-bond acceptors (Lipinski definition) is 2. The van der Waals surface area contributed by atoms with Crippen molar-refractivity contribution in [3.05, 3.63) is 25.6 Å². The van der Waals surface area contributed by atoms with Gasteiger partial charge in [-0.3, -0.25) is 9.59 Å². The molecule has 0 saturated heterocycles. The molecule has 0 aliphatic heterocycles. The van der Waals surface area contributed by atoms with Gasteiger partial charge in [0.2, 0.25) is 11.8 Å². The van der Waals surface area contributed by atoms with Crippen LogP contribution < -0.4 is 0 Å². The molecule has 0 aromatic carbocycles. The van der Waals surface area contributed by atoms with E-state index in [1.807, 2.05) is 6.92 Å². The summed E-state index contributed by atoms with van der Waals surface area (Å²) in [4.78, 5) is 25.2. The Balaban J connectivity index is 4.50. The molecular formula is C11H18N2O2. The van der Waals surface area contributed by atoms with E-state index in [0.717, 1.165) is 0 Å². The fraction of sp³-hybridized carbons (Fsp3) is 0.455. The maximum absolute atomic E-state index is 11.2. The molecule has 0 saturated carbocycles. The number of amides is 2. The fourth-order valence-corrected chi connectivity index (χ4v) is 1.32. The zero-order valence-corrected chi connectivity index (χ0v) is 9.56. The molecule has 0 spiro atoms. The zero-order valence-electron chi connectivity index (χ0n) is 9.56. The summed E-state index contributed by atoms with van der Waals surface area (Å²) in [5, 5.41) is 0. The first-order valence-corrected chi connectivity index (χ1v) is 4.75. The number of nitrogens with zero attached hydrogens (tertiary/aromatic N) is 2. The molecule has 1 atom stereocenters. The number of rotatable bonds is 5. The highest BCUT2D eigenvalue weighted by Crippen LogP contribution is 2.03. The third-order valence-corrected chi connectivity index (χ3v) is 2.12. The smallest absolute Gasteiger partial charge is 0.223 e. The van der Waals surface area contributed by atoms with Crippen molar-refractivity contribution >= 4 is 11.8 Å². The van der Waals surface area contributed by atoms with E-state index >= 15 is 0 Å². The normalized spacial score (nSPS) is 11.4. The largest absolute Gasteiger partial charge is 0.318 e. The van der Waals surface area contributed by atoms with Crippen molar-refractivity contribution in [2.75, 3.05) is 6.54 Å². The average molecular weight is 210 g/mol. The van der Waals surface area contributed by atoms with Crippen LogP contribution in [0.3, 0.4) is 0 Å². The van der Waals surface area contributed by atoms with Crippen LogP contribution in [0.25, 0.3) is 0 Å². The van der Waals surface area contributed by atoms with Crippen molar-refractivity contribution in [2.45, 2.75) is 26.8 Å². The molecule has 0 fully saturated rings. The molecule has 0 bridgehead atoms. The van der Waals surface area contributed by atoms with Crippen LogP contribution in [0.1, 0.15) is 20.8 Å². The summed E-state index contributed by atoms with van der Waals surface area (Å²) in [5.74, 6) is -0.186. The topological polar surface area (TPSA) is 40.6 Å². The highest BCUT2D eigenvalue weighted by Gasteiger charge is 2.17. The van der Waals surface area contributed by atoms with Gasteiger partial charge in [-0.2, -0.15) is 0 Å². The van der Waals surface area contributed by atoms with E-state index in [0.29, 0.717) is 6.54 Å². The van der Waals surface area contributed by atoms with E-state index < -0.39 is 0 Å². The second kappa shape index (κ2) is 6.01. The van der Waals surface area contributed by atoms with Crippen molar-refractivity contribution in [3.63, 3.8) is 0 Å². The van der Waals surface area contributed by atoms with Crippen LogP contribution in [-0.4, -0.2) is 34.2 Å². The SMILES string of the molecule is C=CN(CC(C)N(C=C)C(C)=O)C(C)=O. The molecule has 0 aliphatic rings. The summed E-state index contributed by atoms with van der Waals surface area (Å²) < 4.78 is 0. The van der Waals surface area contributed by atoms with E-state index in [4.69, 9.17) is 0 Å². The minimum Gasteiger partial charge on any atom is -0.318 e. The monoisotopic (exact) mass is 210 g/mol. The lowest BCUT2D eigenvalue weighted by Crippen LogP contribution is -2.41. The zero-order chi connectivity index (χ0) is 12.0. The molecular weight excluding hydrogens is 192 g/mol. The number of carbonyl (C=O) groups excluding carboxylic acids is 2. The van der Waals surface area contributed by atoms with Crippen LogP contribution in [0.2, 0.25) is 0 Å². The number of hydrogen-bond donors (Lipinski definition) is 0. The maximum atomic E-state index is 11.2. The highest BCUT2D eigenvalue weighted by molar-refractivity contribution is 5.76. The lowest BCUT2D eigenvalue weighted by Gasteiger charge is -2.28. The summed E-state index contributed by atoms with van der Waals surface area (Å²) in [6.07, 6.45) is 2.93. The molecule has 0 rings (SSSR count). The van der Waals surface area contributed by atoms with E-state index in [-0.39, 0.29) is 17.9 Å². The second-order valence-electron chi connectivity index (χ2n) is 3.31. The Morgan fingerprint density at radius 1 is 1.20 bits per heavy atom. The van der Waals surface area contributed by atoms with Gasteiger partial charge in [-0.1, -0.05) is 13.2 Å². The first-order chi connectivity index (χ1) is 6.93. The third kappa shape index (κ3) is 3.97. The van der Waals surface area contributed by atoms with Crippen molar-refractivity contribution < 1.29 is 9.59 Å². The van der Waals surface area contributed by atoms with Crippen LogP contribution >= 0.6 is 0 Å². The van der Waals surface area contributed by atoms with E-state index in [1.54, 1.807) is 0 Å². The van der Waals surface area contributed by atoms with Crippen LogP contribution in [0.4, 0.5) is 0 Å². The molecule has 1 unspecified atom stereocenters. The van der Waals surface area contributed by atoms with Crippen LogP contribution in [0.15, 0.2) is 25.6 Å². The van der Waals surface area contributed by atoms with E-state index in [1.165, 1.54) is 36.0 Å². The van der Waals surface area contributed by atoms with Gasteiger partial charge in [-0.25, -0.2) is 0 Å². The predicted molar refractivity (Wildman–Crippen MR) is 59.8 cm³/mol. The van der Waals surface area contributed by atoms with Crippen molar-refractivity contribution in [1.82, 2.24) is 9.80 Å². The Labute approximate surface area is 90.9 Å². The van der Waals surface area contributed by atoms with Gasteiger partial charge in [0, 0.05) is 20.4 Å². The van der Waals surface area contributed by atoms with Gasteiger partial charge in [-0.05, 0) is 19.3 Å². The highest BCUT2D eigenvalue weighted by atomic mass is 16.2. The lowest BCUT2D eigenvalue weighted by atomic mass is 10.2. The minimum absolute atomic E-state index is 0.0925. The summed E-state index contributed by atoms with van der Waals surface area (Å²) in [6, 6.07) is -0.109. The molecule has 4 nitrogen and oxygen atoms in total. The standard InChI is InChI=1S/C11H18N2O2/c1-6-12(10(4)14)8-9(3)13(7-2)11(5)15/h6-7,9H,1-2,8H2,3-5H3.